The first-order valence-electron chi connectivity index (χ1n) is 8.02. The number of hydrogen-bond donors (Lipinski definition) is 2. The Hall–Kier alpha value is -2.09. The first-order chi connectivity index (χ1) is 12.3. The van der Waals surface area contributed by atoms with Crippen LogP contribution in [-0.2, 0) is 10.0 Å². The lowest BCUT2D eigenvalue weighted by Crippen LogP contribution is -2.28. The number of carbonyl (C=O) groups excluding carboxylic acids is 1. The number of methoxy groups -OCH3 is 1. The number of ether oxygens (including phenoxy) is 1. The highest BCUT2D eigenvalue weighted by Crippen LogP contribution is 2.27. The number of amides is 1. The second-order valence-corrected chi connectivity index (χ2v) is 7.74. The van der Waals surface area contributed by atoms with E-state index < -0.39 is 16.1 Å². The molecule has 0 heterocycles. The van der Waals surface area contributed by atoms with Crippen molar-refractivity contribution in [2.45, 2.75) is 24.8 Å². The van der Waals surface area contributed by atoms with Crippen molar-refractivity contribution in [3.05, 3.63) is 58.6 Å². The average Bonchev–Trinajstić information content (AvgIpc) is 2.61. The summed E-state index contributed by atoms with van der Waals surface area (Å²) in [4.78, 5) is 11.9. The Morgan fingerprint density at radius 3 is 2.42 bits per heavy atom. The van der Waals surface area contributed by atoms with E-state index >= 15 is 0 Å². The van der Waals surface area contributed by atoms with Crippen LogP contribution in [0.5, 0.6) is 5.75 Å². The maximum Gasteiger partial charge on any atom is 0.251 e. The largest absolute Gasteiger partial charge is 0.495 e. The molecule has 0 aliphatic rings. The summed E-state index contributed by atoms with van der Waals surface area (Å²) in [6.07, 6.45) is 0. The smallest absolute Gasteiger partial charge is 0.251 e. The van der Waals surface area contributed by atoms with Gasteiger partial charge in [-0.2, -0.15) is 0 Å². The van der Waals surface area contributed by atoms with Crippen molar-refractivity contribution < 1.29 is 17.9 Å². The van der Waals surface area contributed by atoms with Crippen LogP contribution in [-0.4, -0.2) is 28.0 Å². The molecule has 1 amide bonds. The van der Waals surface area contributed by atoms with Gasteiger partial charge in [0.15, 0.2) is 0 Å². The minimum absolute atomic E-state index is 0.0930. The molecule has 0 saturated heterocycles. The number of rotatable bonds is 7. The molecule has 0 aliphatic carbocycles. The van der Waals surface area contributed by atoms with Crippen molar-refractivity contribution in [3.63, 3.8) is 0 Å². The van der Waals surface area contributed by atoms with Crippen LogP contribution in [0.1, 0.15) is 35.8 Å². The van der Waals surface area contributed by atoms with E-state index in [1.54, 1.807) is 38.1 Å². The lowest BCUT2D eigenvalue weighted by Gasteiger charge is -2.17. The van der Waals surface area contributed by atoms with Crippen LogP contribution in [0.4, 0.5) is 0 Å². The molecule has 140 valence electrons. The molecule has 2 rings (SSSR count). The summed E-state index contributed by atoms with van der Waals surface area (Å²) in [5.74, 6) is -0.189. The van der Waals surface area contributed by atoms with Crippen molar-refractivity contribution in [2.24, 2.45) is 0 Å². The van der Waals surface area contributed by atoms with Crippen LogP contribution in [0.3, 0.4) is 0 Å². The summed E-state index contributed by atoms with van der Waals surface area (Å²) in [5, 5.41) is 3.21. The fourth-order valence-corrected chi connectivity index (χ4v) is 3.96. The molecule has 6 nitrogen and oxygen atoms in total. The van der Waals surface area contributed by atoms with E-state index in [-0.39, 0.29) is 22.1 Å². The number of benzene rings is 2. The molecular weight excluding hydrogens is 376 g/mol. The number of sulfonamides is 1. The molecule has 0 fully saturated rings. The molecular formula is C18H21ClN2O4S. The van der Waals surface area contributed by atoms with Gasteiger partial charge in [0.05, 0.1) is 7.11 Å². The number of nitrogens with one attached hydrogen (secondary N) is 2. The predicted molar refractivity (Wildman–Crippen MR) is 101 cm³/mol. The Kier molecular flexibility index (Phi) is 6.63. The van der Waals surface area contributed by atoms with Crippen LogP contribution in [0.2, 0.25) is 5.02 Å². The zero-order valence-corrected chi connectivity index (χ0v) is 16.3. The van der Waals surface area contributed by atoms with Crippen LogP contribution < -0.4 is 14.8 Å². The molecule has 0 saturated carbocycles. The highest BCUT2D eigenvalue weighted by molar-refractivity contribution is 7.89. The molecule has 2 N–H and O–H groups in total. The topological polar surface area (TPSA) is 84.5 Å². The van der Waals surface area contributed by atoms with Crippen LogP contribution in [0.15, 0.2) is 47.4 Å². The van der Waals surface area contributed by atoms with E-state index in [1.807, 2.05) is 0 Å². The number of hydrogen-bond acceptors (Lipinski definition) is 4. The van der Waals surface area contributed by atoms with E-state index in [9.17, 15) is 13.2 Å². The van der Waals surface area contributed by atoms with Gasteiger partial charge < -0.3 is 10.1 Å². The third-order valence-corrected chi connectivity index (χ3v) is 5.57. The van der Waals surface area contributed by atoms with Gasteiger partial charge in [-0.15, -0.1) is 0 Å². The fourth-order valence-electron chi connectivity index (χ4n) is 2.41. The van der Waals surface area contributed by atoms with Gasteiger partial charge >= 0.3 is 0 Å². The van der Waals surface area contributed by atoms with Crippen LogP contribution >= 0.6 is 11.6 Å². The normalized spacial score (nSPS) is 12.5. The first-order valence-corrected chi connectivity index (χ1v) is 9.88. The summed E-state index contributed by atoms with van der Waals surface area (Å²) in [6, 6.07) is 10.7. The van der Waals surface area contributed by atoms with E-state index in [0.29, 0.717) is 11.6 Å². The fraction of sp³-hybridized carbons (Fsp3) is 0.278. The Labute approximate surface area is 158 Å². The lowest BCUT2D eigenvalue weighted by atomic mass is 10.1. The zero-order chi connectivity index (χ0) is 19.3. The summed E-state index contributed by atoms with van der Waals surface area (Å²) < 4.78 is 33.5. The average molecular weight is 397 g/mol. The van der Waals surface area contributed by atoms with Gasteiger partial charge in [-0.05, 0) is 49.7 Å². The first kappa shape index (κ1) is 20.2. The lowest BCUT2D eigenvalue weighted by molar-refractivity contribution is 0.0955. The van der Waals surface area contributed by atoms with Crippen molar-refractivity contribution in [1.82, 2.24) is 10.0 Å². The third kappa shape index (κ3) is 4.75. The van der Waals surface area contributed by atoms with E-state index in [1.165, 1.54) is 25.3 Å². The molecule has 0 aromatic heterocycles. The van der Waals surface area contributed by atoms with E-state index in [2.05, 4.69) is 10.0 Å². The van der Waals surface area contributed by atoms with Crippen molar-refractivity contribution in [2.75, 3.05) is 13.7 Å². The summed E-state index contributed by atoms with van der Waals surface area (Å²) in [5.41, 5.74) is 1.00. The Morgan fingerprint density at radius 2 is 1.85 bits per heavy atom. The quantitative estimate of drug-likeness (QED) is 0.753. The van der Waals surface area contributed by atoms with E-state index in [4.69, 9.17) is 16.3 Å². The van der Waals surface area contributed by atoms with Gasteiger partial charge in [-0.3, -0.25) is 4.79 Å². The van der Waals surface area contributed by atoms with Crippen LogP contribution in [0.25, 0.3) is 0 Å². The molecule has 0 spiro atoms. The molecule has 0 bridgehead atoms. The Bertz CT molecular complexity index is 883. The van der Waals surface area contributed by atoms with Crippen LogP contribution in [0, 0.1) is 0 Å². The molecule has 2 aromatic carbocycles. The summed E-state index contributed by atoms with van der Waals surface area (Å²) in [6.45, 7) is 3.95. The second kappa shape index (κ2) is 8.53. The molecule has 26 heavy (non-hydrogen) atoms. The zero-order valence-electron chi connectivity index (χ0n) is 14.7. The highest BCUT2D eigenvalue weighted by Gasteiger charge is 2.24. The summed E-state index contributed by atoms with van der Waals surface area (Å²) in [7, 11) is -2.54. The number of halogens is 1. The predicted octanol–water partition coefficient (Wildman–Crippen LogP) is 3.14. The summed E-state index contributed by atoms with van der Waals surface area (Å²) >= 11 is 5.86. The SMILES string of the molecule is CCNC(=O)c1ccc(OC)c(S(=O)(=O)NC(C)c2ccc(Cl)cc2)c1. The molecule has 0 radical (unpaired) electrons. The van der Waals surface area contributed by atoms with E-state index in [0.717, 1.165) is 5.56 Å². The molecule has 8 heteroatoms. The maximum absolute atomic E-state index is 12.8. The molecule has 1 unspecified atom stereocenters. The number of carbonyl (C=O) groups is 1. The molecule has 2 aromatic rings. The third-order valence-electron chi connectivity index (χ3n) is 3.75. The molecule has 1 atom stereocenters. The van der Waals surface area contributed by atoms with Gasteiger partial charge in [0, 0.05) is 23.2 Å². The second-order valence-electron chi connectivity index (χ2n) is 5.62. The standard InChI is InChI=1S/C18H21ClN2O4S/c1-4-20-18(22)14-7-10-16(25-3)17(11-14)26(23,24)21-12(2)13-5-8-15(19)9-6-13/h5-12,21H,4H2,1-3H3,(H,20,22). The Morgan fingerprint density at radius 1 is 1.19 bits per heavy atom. The minimum atomic E-state index is -3.92. The highest BCUT2D eigenvalue weighted by atomic mass is 35.5. The minimum Gasteiger partial charge on any atom is -0.495 e. The van der Waals surface area contributed by atoms with Gasteiger partial charge in [0.1, 0.15) is 10.6 Å². The van der Waals surface area contributed by atoms with Gasteiger partial charge in [0.25, 0.3) is 5.91 Å². The monoisotopic (exact) mass is 396 g/mol. The maximum atomic E-state index is 12.8. The van der Waals surface area contributed by atoms with Crippen molar-refractivity contribution in [3.8, 4) is 5.75 Å². The molecule has 0 aliphatic heterocycles. The Balaban J connectivity index is 2.35. The van der Waals surface area contributed by atoms with Crippen molar-refractivity contribution >= 4 is 27.5 Å². The van der Waals surface area contributed by atoms with Gasteiger partial charge in [0.2, 0.25) is 10.0 Å². The van der Waals surface area contributed by atoms with Gasteiger partial charge in [-0.25, -0.2) is 13.1 Å². The van der Waals surface area contributed by atoms with Crippen molar-refractivity contribution in [1.29, 1.82) is 0 Å². The van der Waals surface area contributed by atoms with Gasteiger partial charge in [-0.1, -0.05) is 23.7 Å².